The Hall–Kier alpha value is -3.44. The number of halogens is 5. The number of aryl methyl sites for hydroxylation is 1. The molecule has 29 heavy (non-hydrogen) atoms. The van der Waals surface area contributed by atoms with E-state index in [-0.39, 0.29) is 11.4 Å². The summed E-state index contributed by atoms with van der Waals surface area (Å²) in [6.45, 7) is 0. The molecule has 0 spiro atoms. The standard InChI is InChI=1S/C17H14F5N5O2/c1-26-8-9(13(25-26)15(18)19)16(28)24-10-7-23-27(14(10)17(20,21)22)11-5-3-4-6-12(11)29-2/h3-8,15H,1-2H3,(H,24,28). The largest absolute Gasteiger partial charge is 0.494 e. The van der Waals surface area contributed by atoms with Gasteiger partial charge in [0.15, 0.2) is 5.69 Å². The molecule has 0 aliphatic carbocycles. The van der Waals surface area contributed by atoms with Crippen LogP contribution in [0.2, 0.25) is 0 Å². The van der Waals surface area contributed by atoms with Crippen molar-refractivity contribution in [3.05, 3.63) is 53.6 Å². The number of anilines is 1. The fourth-order valence-electron chi connectivity index (χ4n) is 2.73. The zero-order valence-electron chi connectivity index (χ0n) is 15.0. The zero-order chi connectivity index (χ0) is 21.3. The monoisotopic (exact) mass is 415 g/mol. The Morgan fingerprint density at radius 2 is 1.93 bits per heavy atom. The van der Waals surface area contributed by atoms with E-state index < -0.39 is 41.1 Å². The summed E-state index contributed by atoms with van der Waals surface area (Å²) >= 11 is 0. The van der Waals surface area contributed by atoms with Crippen molar-refractivity contribution in [1.82, 2.24) is 19.6 Å². The number of nitrogens with zero attached hydrogens (tertiary/aromatic N) is 4. The van der Waals surface area contributed by atoms with Crippen molar-refractivity contribution in [2.45, 2.75) is 12.6 Å². The molecule has 0 bridgehead atoms. The molecular formula is C17H14F5N5O2. The highest BCUT2D eigenvalue weighted by Gasteiger charge is 2.40. The number of ether oxygens (including phenoxy) is 1. The first-order valence-electron chi connectivity index (χ1n) is 8.05. The highest BCUT2D eigenvalue weighted by molar-refractivity contribution is 6.05. The van der Waals surface area contributed by atoms with E-state index in [4.69, 9.17) is 4.74 Å². The second-order valence-corrected chi connectivity index (χ2v) is 5.84. The van der Waals surface area contributed by atoms with Crippen molar-refractivity contribution >= 4 is 11.6 Å². The molecule has 7 nitrogen and oxygen atoms in total. The topological polar surface area (TPSA) is 74.0 Å². The molecule has 0 radical (unpaired) electrons. The maximum atomic E-state index is 13.7. The number of nitrogens with one attached hydrogen (secondary N) is 1. The predicted octanol–water partition coefficient (Wildman–Crippen LogP) is 3.82. The van der Waals surface area contributed by atoms with Crippen LogP contribution in [0.1, 0.15) is 28.2 Å². The molecule has 0 saturated carbocycles. The van der Waals surface area contributed by atoms with Crippen LogP contribution in [0.25, 0.3) is 5.69 Å². The normalized spacial score (nSPS) is 11.7. The Labute approximate surface area is 160 Å². The summed E-state index contributed by atoms with van der Waals surface area (Å²) in [7, 11) is 2.59. The number of carbonyl (C=O) groups is 1. The van der Waals surface area contributed by atoms with Crippen LogP contribution in [0, 0.1) is 0 Å². The molecule has 2 aromatic heterocycles. The number of benzene rings is 1. The van der Waals surface area contributed by atoms with Gasteiger partial charge in [0.2, 0.25) is 0 Å². The second-order valence-electron chi connectivity index (χ2n) is 5.84. The van der Waals surface area contributed by atoms with E-state index in [0.717, 1.165) is 17.1 Å². The lowest BCUT2D eigenvalue weighted by molar-refractivity contribution is -0.142. The molecule has 0 saturated heterocycles. The van der Waals surface area contributed by atoms with Crippen molar-refractivity contribution in [1.29, 1.82) is 0 Å². The minimum absolute atomic E-state index is 0.0162. The van der Waals surface area contributed by atoms with E-state index in [9.17, 15) is 26.7 Å². The van der Waals surface area contributed by atoms with Crippen molar-refractivity contribution in [2.75, 3.05) is 12.4 Å². The van der Waals surface area contributed by atoms with Gasteiger partial charge in [-0.1, -0.05) is 12.1 Å². The van der Waals surface area contributed by atoms with Crippen LogP contribution in [0.4, 0.5) is 27.6 Å². The summed E-state index contributed by atoms with van der Waals surface area (Å²) in [6.07, 6.45) is -6.21. The molecule has 12 heteroatoms. The molecule has 1 N–H and O–H groups in total. The number of hydrogen-bond donors (Lipinski definition) is 1. The number of rotatable bonds is 5. The quantitative estimate of drug-likeness (QED) is 0.643. The summed E-state index contributed by atoms with van der Waals surface area (Å²) in [5.74, 6) is -1.05. The zero-order valence-corrected chi connectivity index (χ0v) is 15.0. The van der Waals surface area contributed by atoms with Crippen LogP contribution < -0.4 is 10.1 Å². The molecule has 0 aliphatic rings. The molecule has 2 heterocycles. The average molecular weight is 415 g/mol. The van der Waals surface area contributed by atoms with Gasteiger partial charge in [0.1, 0.15) is 17.1 Å². The summed E-state index contributed by atoms with van der Waals surface area (Å²) in [5, 5.41) is 9.17. The molecule has 1 amide bonds. The third kappa shape index (κ3) is 3.91. The van der Waals surface area contributed by atoms with E-state index in [1.165, 1.54) is 32.4 Å². The van der Waals surface area contributed by atoms with Gasteiger partial charge >= 0.3 is 6.18 Å². The van der Waals surface area contributed by atoms with Crippen LogP contribution in [0.3, 0.4) is 0 Å². The Balaban J connectivity index is 2.06. The fraction of sp³-hybridized carbons (Fsp3) is 0.235. The van der Waals surface area contributed by atoms with Crippen molar-refractivity contribution in [3.8, 4) is 11.4 Å². The number of methoxy groups -OCH3 is 1. The lowest BCUT2D eigenvalue weighted by Crippen LogP contribution is -2.19. The average Bonchev–Trinajstić information content (AvgIpc) is 3.25. The molecule has 0 aliphatic heterocycles. The van der Waals surface area contributed by atoms with Gasteiger partial charge < -0.3 is 10.1 Å². The number of aromatic nitrogens is 4. The first kappa shape index (κ1) is 20.3. The number of para-hydroxylation sites is 2. The Morgan fingerprint density at radius 3 is 2.55 bits per heavy atom. The second kappa shape index (κ2) is 7.53. The van der Waals surface area contributed by atoms with Crippen LogP contribution in [-0.2, 0) is 13.2 Å². The van der Waals surface area contributed by atoms with Crippen LogP contribution >= 0.6 is 0 Å². The molecule has 1 aromatic carbocycles. The summed E-state index contributed by atoms with van der Waals surface area (Å²) in [5.41, 5.74) is -3.39. The number of alkyl halides is 5. The first-order chi connectivity index (χ1) is 13.6. The summed E-state index contributed by atoms with van der Waals surface area (Å²) < 4.78 is 73.9. The van der Waals surface area contributed by atoms with Crippen LogP contribution in [0.15, 0.2) is 36.7 Å². The first-order valence-corrected chi connectivity index (χ1v) is 8.05. The van der Waals surface area contributed by atoms with E-state index in [1.54, 1.807) is 6.07 Å². The number of amides is 1. The molecule has 0 fully saturated rings. The molecule has 3 aromatic rings. The van der Waals surface area contributed by atoms with Gasteiger partial charge in [-0.05, 0) is 12.1 Å². The molecule has 3 rings (SSSR count). The smallest absolute Gasteiger partial charge is 0.435 e. The van der Waals surface area contributed by atoms with E-state index in [1.807, 2.05) is 5.32 Å². The minimum atomic E-state index is -4.92. The highest BCUT2D eigenvalue weighted by Crippen LogP contribution is 2.38. The van der Waals surface area contributed by atoms with Crippen molar-refractivity contribution < 1.29 is 31.5 Å². The summed E-state index contributed by atoms with van der Waals surface area (Å²) in [6, 6.07) is 5.85. The third-order valence-electron chi connectivity index (χ3n) is 3.91. The van der Waals surface area contributed by atoms with Gasteiger partial charge in [0.05, 0.1) is 24.6 Å². The molecule has 0 atom stereocenters. The third-order valence-corrected chi connectivity index (χ3v) is 3.91. The van der Waals surface area contributed by atoms with Gasteiger partial charge in [0.25, 0.3) is 12.3 Å². The number of hydrogen-bond acceptors (Lipinski definition) is 4. The van der Waals surface area contributed by atoms with Gasteiger partial charge in [-0.15, -0.1) is 0 Å². The maximum Gasteiger partial charge on any atom is 0.435 e. The Morgan fingerprint density at radius 1 is 1.24 bits per heavy atom. The van der Waals surface area contributed by atoms with Crippen molar-refractivity contribution in [3.63, 3.8) is 0 Å². The maximum absolute atomic E-state index is 13.7. The predicted molar refractivity (Wildman–Crippen MR) is 91.2 cm³/mol. The SMILES string of the molecule is COc1ccccc1-n1ncc(NC(=O)c2cn(C)nc2C(F)F)c1C(F)(F)F. The lowest BCUT2D eigenvalue weighted by atomic mass is 10.2. The van der Waals surface area contributed by atoms with Gasteiger partial charge in [-0.25, -0.2) is 13.5 Å². The van der Waals surface area contributed by atoms with Gasteiger partial charge in [-0.2, -0.15) is 23.4 Å². The van der Waals surface area contributed by atoms with E-state index in [0.29, 0.717) is 4.68 Å². The minimum Gasteiger partial charge on any atom is -0.494 e. The Bertz CT molecular complexity index is 1040. The van der Waals surface area contributed by atoms with Crippen LogP contribution in [0.5, 0.6) is 5.75 Å². The Kier molecular flexibility index (Phi) is 5.27. The molecule has 154 valence electrons. The summed E-state index contributed by atoms with van der Waals surface area (Å²) in [4.78, 5) is 12.4. The number of carbonyl (C=O) groups excluding carboxylic acids is 1. The van der Waals surface area contributed by atoms with Gasteiger partial charge in [0, 0.05) is 13.2 Å². The van der Waals surface area contributed by atoms with Crippen LogP contribution in [-0.4, -0.2) is 32.6 Å². The highest BCUT2D eigenvalue weighted by atomic mass is 19.4. The van der Waals surface area contributed by atoms with E-state index >= 15 is 0 Å². The van der Waals surface area contributed by atoms with E-state index in [2.05, 4.69) is 10.2 Å². The lowest BCUT2D eigenvalue weighted by Gasteiger charge is -2.15. The molecule has 0 unspecified atom stereocenters. The van der Waals surface area contributed by atoms with Crippen molar-refractivity contribution in [2.24, 2.45) is 7.05 Å². The fourth-order valence-corrected chi connectivity index (χ4v) is 2.73. The molecular weight excluding hydrogens is 401 g/mol. The van der Waals surface area contributed by atoms with Gasteiger partial charge in [-0.3, -0.25) is 9.48 Å².